The zero-order chi connectivity index (χ0) is 14.9. The summed E-state index contributed by atoms with van der Waals surface area (Å²) in [6.07, 6.45) is 0. The minimum Gasteiger partial charge on any atom is -0.488 e. The smallest absolute Gasteiger partial charge is 0.371 e. The molecule has 0 unspecified atom stereocenters. The van der Waals surface area contributed by atoms with Gasteiger partial charge in [0.25, 0.3) is 0 Å². The van der Waals surface area contributed by atoms with Crippen LogP contribution in [0.5, 0.6) is 5.75 Å². The van der Waals surface area contributed by atoms with Gasteiger partial charge in [-0.05, 0) is 44.9 Å². The first-order valence-electron chi connectivity index (χ1n) is 6.41. The molecule has 1 heterocycles. The molecule has 1 N–H and O–H groups in total. The average molecular weight is 274 g/mol. The number of aromatic carboxylic acids is 1. The summed E-state index contributed by atoms with van der Waals surface area (Å²) >= 11 is 0. The summed E-state index contributed by atoms with van der Waals surface area (Å²) in [4.78, 5) is 10.9. The predicted molar refractivity (Wildman–Crippen MR) is 75.4 cm³/mol. The lowest BCUT2D eigenvalue weighted by atomic mass is 10.1. The summed E-state index contributed by atoms with van der Waals surface area (Å²) in [6.45, 7) is 8.08. The second-order valence-corrected chi connectivity index (χ2v) is 5.01. The number of carbonyl (C=O) groups is 1. The molecule has 2 rings (SSSR count). The maximum Gasteiger partial charge on any atom is 0.371 e. The number of rotatable bonds is 4. The third kappa shape index (κ3) is 2.85. The zero-order valence-electron chi connectivity index (χ0n) is 12.1. The molecule has 0 aliphatic heterocycles. The van der Waals surface area contributed by atoms with E-state index in [1.165, 1.54) is 11.6 Å². The molecule has 2 aromatic rings. The molecule has 0 saturated carbocycles. The van der Waals surface area contributed by atoms with Crippen molar-refractivity contribution >= 4 is 5.97 Å². The fraction of sp³-hybridized carbons (Fsp3) is 0.312. The molecule has 0 atom stereocenters. The van der Waals surface area contributed by atoms with Gasteiger partial charge >= 0.3 is 5.97 Å². The lowest BCUT2D eigenvalue weighted by molar-refractivity contribution is 0.0661. The van der Waals surface area contributed by atoms with Gasteiger partial charge in [0.05, 0.1) is 0 Å². The molecule has 4 nitrogen and oxygen atoms in total. The van der Waals surface area contributed by atoms with Crippen LogP contribution in [0.25, 0.3) is 0 Å². The van der Waals surface area contributed by atoms with Crippen molar-refractivity contribution in [1.29, 1.82) is 0 Å². The van der Waals surface area contributed by atoms with Crippen LogP contribution in [0.15, 0.2) is 22.6 Å². The first-order valence-corrected chi connectivity index (χ1v) is 6.41. The fourth-order valence-electron chi connectivity index (χ4n) is 2.31. The van der Waals surface area contributed by atoms with Gasteiger partial charge in [0.2, 0.25) is 5.76 Å². The topological polar surface area (TPSA) is 59.7 Å². The average Bonchev–Trinajstić information content (AvgIpc) is 2.70. The Balaban J connectivity index is 2.19. The number of carboxylic acid groups (broad SMARTS) is 1. The lowest BCUT2D eigenvalue weighted by Gasteiger charge is -2.12. The summed E-state index contributed by atoms with van der Waals surface area (Å²) < 4.78 is 11.0. The van der Waals surface area contributed by atoms with Crippen molar-refractivity contribution < 1.29 is 19.1 Å². The number of hydrogen-bond acceptors (Lipinski definition) is 3. The number of aryl methyl sites for hydroxylation is 4. The largest absolute Gasteiger partial charge is 0.488 e. The SMILES string of the molecule is Cc1cc(C)c(OCc2cc(C(=O)O)oc2C)c(C)c1. The van der Waals surface area contributed by atoms with Gasteiger partial charge in [0.15, 0.2) is 0 Å². The molecule has 0 aliphatic rings. The lowest BCUT2D eigenvalue weighted by Crippen LogP contribution is -2.00. The summed E-state index contributed by atoms with van der Waals surface area (Å²) in [6, 6.07) is 5.64. The van der Waals surface area contributed by atoms with Crippen molar-refractivity contribution in [1.82, 2.24) is 0 Å². The summed E-state index contributed by atoms with van der Waals surface area (Å²) in [5.74, 6) is 0.290. The number of furan rings is 1. The van der Waals surface area contributed by atoms with Crippen LogP contribution in [0.2, 0.25) is 0 Å². The van der Waals surface area contributed by atoms with Crippen LogP contribution in [-0.2, 0) is 6.61 Å². The molecule has 1 aromatic heterocycles. The molecule has 20 heavy (non-hydrogen) atoms. The highest BCUT2D eigenvalue weighted by atomic mass is 16.5. The van der Waals surface area contributed by atoms with Crippen LogP contribution < -0.4 is 4.74 Å². The molecule has 4 heteroatoms. The standard InChI is InChI=1S/C16H18O4/c1-9-5-10(2)15(11(3)6-9)19-8-13-7-14(16(17)18)20-12(13)4/h5-7H,8H2,1-4H3,(H,17,18). The highest BCUT2D eigenvalue weighted by Gasteiger charge is 2.14. The van der Waals surface area contributed by atoms with Gasteiger partial charge in [0, 0.05) is 5.56 Å². The summed E-state index contributed by atoms with van der Waals surface area (Å²) in [7, 11) is 0. The van der Waals surface area contributed by atoms with E-state index in [9.17, 15) is 4.79 Å². The number of benzene rings is 1. The van der Waals surface area contributed by atoms with Crippen molar-refractivity contribution in [2.75, 3.05) is 0 Å². The van der Waals surface area contributed by atoms with E-state index in [0.717, 1.165) is 22.4 Å². The molecule has 1 aromatic carbocycles. The molecule has 0 spiro atoms. The Hall–Kier alpha value is -2.23. The molecule has 0 radical (unpaired) electrons. The third-order valence-corrected chi connectivity index (χ3v) is 3.21. The second-order valence-electron chi connectivity index (χ2n) is 5.01. The van der Waals surface area contributed by atoms with Crippen LogP contribution >= 0.6 is 0 Å². The van der Waals surface area contributed by atoms with Gasteiger partial charge in [-0.15, -0.1) is 0 Å². The van der Waals surface area contributed by atoms with Gasteiger partial charge in [-0.2, -0.15) is 0 Å². The Kier molecular flexibility index (Phi) is 3.84. The Morgan fingerprint density at radius 3 is 2.25 bits per heavy atom. The van der Waals surface area contributed by atoms with Gasteiger partial charge < -0.3 is 14.3 Å². The molecule has 0 fully saturated rings. The summed E-state index contributed by atoms with van der Waals surface area (Å²) in [5.41, 5.74) is 4.09. The van der Waals surface area contributed by atoms with E-state index in [1.54, 1.807) is 6.92 Å². The van der Waals surface area contributed by atoms with Crippen molar-refractivity contribution in [3.63, 3.8) is 0 Å². The van der Waals surface area contributed by atoms with E-state index in [0.29, 0.717) is 12.4 Å². The quantitative estimate of drug-likeness (QED) is 0.921. The monoisotopic (exact) mass is 274 g/mol. The maximum absolute atomic E-state index is 10.9. The summed E-state index contributed by atoms with van der Waals surface area (Å²) in [5, 5.41) is 8.89. The second kappa shape index (κ2) is 5.41. The molecule has 0 saturated heterocycles. The molecular weight excluding hydrogens is 256 g/mol. The van der Waals surface area contributed by atoms with Gasteiger partial charge in [0.1, 0.15) is 18.1 Å². The minimum absolute atomic E-state index is 0.0570. The van der Waals surface area contributed by atoms with Gasteiger partial charge in [-0.3, -0.25) is 0 Å². The van der Waals surface area contributed by atoms with Crippen LogP contribution in [0.3, 0.4) is 0 Å². The van der Waals surface area contributed by atoms with E-state index in [4.69, 9.17) is 14.3 Å². The van der Waals surface area contributed by atoms with Crippen molar-refractivity contribution in [3.05, 3.63) is 52.0 Å². The Morgan fingerprint density at radius 1 is 1.15 bits per heavy atom. The highest BCUT2D eigenvalue weighted by Crippen LogP contribution is 2.26. The Bertz CT molecular complexity index is 629. The van der Waals surface area contributed by atoms with Crippen LogP contribution in [0.4, 0.5) is 0 Å². The van der Waals surface area contributed by atoms with Gasteiger partial charge in [-0.1, -0.05) is 17.7 Å². The predicted octanol–water partition coefficient (Wildman–Crippen LogP) is 3.79. The van der Waals surface area contributed by atoms with E-state index in [-0.39, 0.29) is 5.76 Å². The number of ether oxygens (including phenoxy) is 1. The molecular formula is C16H18O4. The van der Waals surface area contributed by atoms with Crippen molar-refractivity contribution in [2.24, 2.45) is 0 Å². The number of carboxylic acids is 1. The minimum atomic E-state index is -1.07. The first kappa shape index (κ1) is 14.2. The Morgan fingerprint density at radius 2 is 1.75 bits per heavy atom. The maximum atomic E-state index is 10.9. The molecule has 0 amide bonds. The van der Waals surface area contributed by atoms with Crippen molar-refractivity contribution in [3.8, 4) is 5.75 Å². The van der Waals surface area contributed by atoms with E-state index in [2.05, 4.69) is 12.1 Å². The molecule has 106 valence electrons. The third-order valence-electron chi connectivity index (χ3n) is 3.21. The zero-order valence-corrected chi connectivity index (χ0v) is 12.1. The fourth-order valence-corrected chi connectivity index (χ4v) is 2.31. The van der Waals surface area contributed by atoms with E-state index < -0.39 is 5.97 Å². The van der Waals surface area contributed by atoms with E-state index in [1.807, 2.05) is 20.8 Å². The molecule has 0 aliphatic carbocycles. The normalized spacial score (nSPS) is 10.6. The molecule has 0 bridgehead atoms. The van der Waals surface area contributed by atoms with Crippen LogP contribution in [0.1, 0.15) is 38.6 Å². The Labute approximate surface area is 118 Å². The van der Waals surface area contributed by atoms with Crippen LogP contribution in [-0.4, -0.2) is 11.1 Å². The first-order chi connectivity index (χ1) is 9.38. The number of hydrogen-bond donors (Lipinski definition) is 1. The van der Waals surface area contributed by atoms with Crippen LogP contribution in [0, 0.1) is 27.7 Å². The van der Waals surface area contributed by atoms with E-state index >= 15 is 0 Å². The van der Waals surface area contributed by atoms with Crippen molar-refractivity contribution in [2.45, 2.75) is 34.3 Å². The highest BCUT2D eigenvalue weighted by molar-refractivity contribution is 5.84. The van der Waals surface area contributed by atoms with Gasteiger partial charge in [-0.25, -0.2) is 4.79 Å².